The van der Waals surface area contributed by atoms with Gasteiger partial charge in [-0.25, -0.2) is 0 Å². The largest absolute Gasteiger partial charge is 0.372 e. The molecule has 7 nitrogen and oxygen atoms in total. The van der Waals surface area contributed by atoms with Crippen LogP contribution in [0.25, 0.3) is 11.5 Å². The van der Waals surface area contributed by atoms with Crippen molar-refractivity contribution in [1.82, 2.24) is 20.0 Å². The lowest BCUT2D eigenvalue weighted by Gasteiger charge is -2.29. The van der Waals surface area contributed by atoms with Crippen LogP contribution in [0, 0.1) is 0 Å². The monoisotopic (exact) mass is 377 g/mol. The number of benzene rings is 1. The van der Waals surface area contributed by atoms with Crippen molar-refractivity contribution in [1.29, 1.82) is 0 Å². The third-order valence-corrected chi connectivity index (χ3v) is 4.92. The summed E-state index contributed by atoms with van der Waals surface area (Å²) in [7, 11) is 1.73. The fourth-order valence-corrected chi connectivity index (χ4v) is 3.38. The number of hydrogen-bond donors (Lipinski definition) is 0. The molecule has 0 atom stereocenters. The molecule has 1 amide bonds. The van der Waals surface area contributed by atoms with Gasteiger partial charge in [0, 0.05) is 37.6 Å². The second-order valence-electron chi connectivity index (χ2n) is 6.98. The lowest BCUT2D eigenvalue weighted by Crippen LogP contribution is -2.29. The normalized spacial score (nSPS) is 14.1. The summed E-state index contributed by atoms with van der Waals surface area (Å²) in [6.45, 7) is 2.42. The first-order chi connectivity index (χ1) is 13.7. The molecule has 0 N–H and O–H groups in total. The van der Waals surface area contributed by atoms with Gasteiger partial charge < -0.3 is 14.3 Å². The number of rotatable bonds is 5. The molecule has 1 aromatic carbocycles. The van der Waals surface area contributed by atoms with E-state index in [1.807, 2.05) is 42.5 Å². The van der Waals surface area contributed by atoms with Crippen molar-refractivity contribution in [3.8, 4) is 11.5 Å². The molecule has 3 aromatic rings. The fourth-order valence-electron chi connectivity index (χ4n) is 3.38. The molecule has 1 aliphatic heterocycles. The van der Waals surface area contributed by atoms with Gasteiger partial charge in [0.05, 0.1) is 6.54 Å². The van der Waals surface area contributed by atoms with Gasteiger partial charge >= 0.3 is 0 Å². The Morgan fingerprint density at radius 3 is 2.61 bits per heavy atom. The van der Waals surface area contributed by atoms with Gasteiger partial charge in [-0.15, -0.1) is 0 Å². The van der Waals surface area contributed by atoms with E-state index < -0.39 is 0 Å². The van der Waals surface area contributed by atoms with Crippen LogP contribution in [-0.2, 0) is 6.54 Å². The molecule has 0 saturated carbocycles. The third-order valence-electron chi connectivity index (χ3n) is 4.92. The molecule has 1 aliphatic rings. The van der Waals surface area contributed by atoms with Crippen molar-refractivity contribution in [2.45, 2.75) is 25.8 Å². The van der Waals surface area contributed by atoms with Gasteiger partial charge in [-0.3, -0.25) is 9.78 Å². The zero-order chi connectivity index (χ0) is 19.3. The molecule has 144 valence electrons. The van der Waals surface area contributed by atoms with E-state index in [0.29, 0.717) is 23.0 Å². The summed E-state index contributed by atoms with van der Waals surface area (Å²) in [5, 5.41) is 3.94. The predicted molar refractivity (Wildman–Crippen MR) is 106 cm³/mol. The van der Waals surface area contributed by atoms with Crippen LogP contribution in [0.5, 0.6) is 0 Å². The Balaban J connectivity index is 1.40. The topological polar surface area (TPSA) is 75.4 Å². The lowest BCUT2D eigenvalue weighted by molar-refractivity contribution is 0.0769. The number of pyridine rings is 1. The van der Waals surface area contributed by atoms with Gasteiger partial charge in [-0.1, -0.05) is 11.2 Å². The predicted octanol–water partition coefficient (Wildman–Crippen LogP) is 3.39. The molecule has 0 spiro atoms. The third kappa shape index (κ3) is 4.03. The number of nitrogens with zero attached hydrogens (tertiary/aromatic N) is 5. The molecule has 0 aliphatic carbocycles. The molecule has 0 unspecified atom stereocenters. The first kappa shape index (κ1) is 18.2. The van der Waals surface area contributed by atoms with Gasteiger partial charge in [0.15, 0.2) is 0 Å². The Morgan fingerprint density at radius 1 is 1.11 bits per heavy atom. The summed E-state index contributed by atoms with van der Waals surface area (Å²) in [6, 6.07) is 13.3. The maximum Gasteiger partial charge on any atom is 0.254 e. The number of amides is 1. The maximum absolute atomic E-state index is 12.7. The number of piperidine rings is 1. The van der Waals surface area contributed by atoms with Crippen LogP contribution in [0.1, 0.15) is 35.5 Å². The van der Waals surface area contributed by atoms with Crippen molar-refractivity contribution in [2.24, 2.45) is 0 Å². The van der Waals surface area contributed by atoms with Gasteiger partial charge in [0.25, 0.3) is 5.91 Å². The van der Waals surface area contributed by atoms with E-state index in [1.54, 1.807) is 18.1 Å². The maximum atomic E-state index is 12.7. The molecular weight excluding hydrogens is 354 g/mol. The van der Waals surface area contributed by atoms with Crippen LogP contribution >= 0.6 is 0 Å². The lowest BCUT2D eigenvalue weighted by atomic mass is 10.1. The van der Waals surface area contributed by atoms with E-state index in [-0.39, 0.29) is 12.5 Å². The minimum atomic E-state index is -0.0808. The number of hydrogen-bond acceptors (Lipinski definition) is 6. The van der Waals surface area contributed by atoms with Crippen molar-refractivity contribution in [3.05, 3.63) is 60.1 Å². The minimum absolute atomic E-state index is 0.0808. The first-order valence-electron chi connectivity index (χ1n) is 9.55. The van der Waals surface area contributed by atoms with Gasteiger partial charge in [-0.2, -0.15) is 4.98 Å². The average Bonchev–Trinajstić information content (AvgIpc) is 3.23. The summed E-state index contributed by atoms with van der Waals surface area (Å²) in [5.74, 6) is 0.714. The molecule has 3 heterocycles. The molecule has 28 heavy (non-hydrogen) atoms. The SMILES string of the molecule is CN(Cc1nc(-c2ccccn2)no1)C(=O)c1ccc(N2CCCCC2)cc1. The van der Waals surface area contributed by atoms with Crippen molar-refractivity contribution >= 4 is 11.6 Å². The Labute approximate surface area is 164 Å². The number of anilines is 1. The van der Waals surface area contributed by atoms with Gasteiger partial charge in [-0.05, 0) is 55.7 Å². The van der Waals surface area contributed by atoms with E-state index in [2.05, 4.69) is 20.0 Å². The molecule has 0 bridgehead atoms. The summed E-state index contributed by atoms with van der Waals surface area (Å²) >= 11 is 0. The number of carbonyl (C=O) groups excluding carboxylic acids is 1. The van der Waals surface area contributed by atoms with Crippen molar-refractivity contribution in [2.75, 3.05) is 25.0 Å². The minimum Gasteiger partial charge on any atom is -0.372 e. The molecule has 0 radical (unpaired) electrons. The molecule has 2 aromatic heterocycles. The van der Waals surface area contributed by atoms with E-state index >= 15 is 0 Å². The van der Waals surface area contributed by atoms with Crippen LogP contribution < -0.4 is 4.90 Å². The number of carbonyl (C=O) groups is 1. The Morgan fingerprint density at radius 2 is 1.89 bits per heavy atom. The average molecular weight is 377 g/mol. The second kappa shape index (κ2) is 8.21. The highest BCUT2D eigenvalue weighted by Crippen LogP contribution is 2.21. The quantitative estimate of drug-likeness (QED) is 0.678. The molecule has 1 fully saturated rings. The summed E-state index contributed by atoms with van der Waals surface area (Å²) in [4.78, 5) is 25.2. The Bertz CT molecular complexity index is 917. The van der Waals surface area contributed by atoms with Crippen molar-refractivity contribution in [3.63, 3.8) is 0 Å². The highest BCUT2D eigenvalue weighted by Gasteiger charge is 2.17. The standard InChI is InChI=1S/C21H23N5O2/c1-25(15-19-23-20(24-28-19)18-7-3-4-12-22-18)21(27)16-8-10-17(11-9-16)26-13-5-2-6-14-26/h3-4,7-12H,2,5-6,13-15H2,1H3. The van der Waals surface area contributed by atoms with E-state index in [9.17, 15) is 4.79 Å². The number of aromatic nitrogens is 3. The second-order valence-corrected chi connectivity index (χ2v) is 6.98. The Hall–Kier alpha value is -3.22. The molecule has 4 rings (SSSR count). The van der Waals surface area contributed by atoms with Crippen LogP contribution in [0.15, 0.2) is 53.2 Å². The molecule has 7 heteroatoms. The van der Waals surface area contributed by atoms with E-state index in [0.717, 1.165) is 13.1 Å². The first-order valence-corrected chi connectivity index (χ1v) is 9.55. The summed E-state index contributed by atoms with van der Waals surface area (Å²) in [5.41, 5.74) is 2.46. The highest BCUT2D eigenvalue weighted by atomic mass is 16.5. The summed E-state index contributed by atoms with van der Waals surface area (Å²) < 4.78 is 5.27. The van der Waals surface area contributed by atoms with E-state index in [4.69, 9.17) is 4.52 Å². The van der Waals surface area contributed by atoms with Crippen LogP contribution in [0.3, 0.4) is 0 Å². The highest BCUT2D eigenvalue weighted by molar-refractivity contribution is 5.94. The van der Waals surface area contributed by atoms with Crippen LogP contribution in [0.2, 0.25) is 0 Å². The smallest absolute Gasteiger partial charge is 0.254 e. The summed E-state index contributed by atoms with van der Waals surface area (Å²) in [6.07, 6.45) is 5.44. The molecular formula is C21H23N5O2. The molecule has 1 saturated heterocycles. The Kier molecular flexibility index (Phi) is 5.32. The van der Waals surface area contributed by atoms with E-state index in [1.165, 1.54) is 24.9 Å². The van der Waals surface area contributed by atoms with Crippen LogP contribution in [0.4, 0.5) is 5.69 Å². The van der Waals surface area contributed by atoms with Crippen molar-refractivity contribution < 1.29 is 9.32 Å². The zero-order valence-electron chi connectivity index (χ0n) is 15.9. The van der Waals surface area contributed by atoms with Crippen LogP contribution in [-0.4, -0.2) is 46.1 Å². The zero-order valence-corrected chi connectivity index (χ0v) is 15.9. The van der Waals surface area contributed by atoms with Gasteiger partial charge in [0.1, 0.15) is 5.69 Å². The fraction of sp³-hybridized carbons (Fsp3) is 0.333. The van der Waals surface area contributed by atoms with Gasteiger partial charge in [0.2, 0.25) is 11.7 Å².